The van der Waals surface area contributed by atoms with Gasteiger partial charge in [0, 0.05) is 19.3 Å². The second kappa shape index (κ2) is 52.7. The Balaban J connectivity index is 4.54. The molecule has 1 unspecified atom stereocenters. The van der Waals surface area contributed by atoms with Crippen LogP contribution in [0.25, 0.3) is 0 Å². The molecular formula is C59H96O6. The highest BCUT2D eigenvalue weighted by molar-refractivity contribution is 5.71. The third kappa shape index (κ3) is 50.9. The number of carbonyl (C=O) groups is 3. The van der Waals surface area contributed by atoms with E-state index < -0.39 is 6.10 Å². The average molecular weight is 901 g/mol. The molecule has 0 aromatic heterocycles. The van der Waals surface area contributed by atoms with E-state index in [-0.39, 0.29) is 37.5 Å². The second-order valence-electron chi connectivity index (χ2n) is 17.2. The highest BCUT2D eigenvalue weighted by atomic mass is 16.6. The third-order valence-corrected chi connectivity index (χ3v) is 10.9. The third-order valence-electron chi connectivity index (χ3n) is 10.9. The number of esters is 3. The standard InChI is InChI=1S/C59H96O6/c1-4-7-10-13-16-19-22-25-27-29-31-32-34-37-40-43-46-49-52-58(61)64-55-56(54-63-57(60)51-48-45-42-39-36-24-21-18-15-12-9-6-3)65-59(62)53-50-47-44-41-38-35-33-30-28-26-23-20-17-14-11-8-5-2/h10,13,16-17,19-20,22,25-29,31-33,35,41,44,56H,4-9,11-12,14-15,18,21,23-24,30,34,36-40,42-43,45-55H2,1-3H3/b13-10-,19-16-,20-17-,25-22-,28-26-,29-27-,32-31-,35-33-,44-41-. The van der Waals surface area contributed by atoms with Crippen LogP contribution in [0.15, 0.2) is 109 Å². The van der Waals surface area contributed by atoms with E-state index in [2.05, 4.69) is 99.8 Å². The minimum atomic E-state index is -0.817. The zero-order valence-corrected chi connectivity index (χ0v) is 42.0. The molecule has 368 valence electrons. The van der Waals surface area contributed by atoms with Crippen molar-refractivity contribution < 1.29 is 28.6 Å². The molecule has 0 amide bonds. The van der Waals surface area contributed by atoms with Gasteiger partial charge < -0.3 is 14.2 Å². The summed E-state index contributed by atoms with van der Waals surface area (Å²) in [7, 11) is 0. The number of hydrogen-bond donors (Lipinski definition) is 0. The van der Waals surface area contributed by atoms with Gasteiger partial charge in [0.15, 0.2) is 6.10 Å². The SMILES string of the molecule is CCC\C=C/C=C\C=C/C=C\C=C/CCCCCCCC(=O)OCC(COC(=O)CCCCCCCCCCCCCC)OC(=O)CCC/C=C\C/C=C\C/C=C\C/C=C\CCCCC. The van der Waals surface area contributed by atoms with Crippen LogP contribution < -0.4 is 0 Å². The van der Waals surface area contributed by atoms with Gasteiger partial charge in [-0.15, -0.1) is 0 Å². The lowest BCUT2D eigenvalue weighted by atomic mass is 10.0. The molecule has 0 heterocycles. The van der Waals surface area contributed by atoms with E-state index in [4.69, 9.17) is 14.2 Å². The van der Waals surface area contributed by atoms with Crippen molar-refractivity contribution in [1.29, 1.82) is 0 Å². The highest BCUT2D eigenvalue weighted by Crippen LogP contribution is 2.14. The number of rotatable bonds is 46. The fraction of sp³-hybridized carbons (Fsp3) is 0.644. The number of unbranched alkanes of at least 4 members (excludes halogenated alkanes) is 21. The topological polar surface area (TPSA) is 78.9 Å². The van der Waals surface area contributed by atoms with Gasteiger partial charge in [0.2, 0.25) is 0 Å². The summed E-state index contributed by atoms with van der Waals surface area (Å²) >= 11 is 0. The minimum Gasteiger partial charge on any atom is -0.462 e. The van der Waals surface area contributed by atoms with Crippen molar-refractivity contribution in [3.05, 3.63) is 109 Å². The van der Waals surface area contributed by atoms with Gasteiger partial charge in [-0.1, -0.05) is 239 Å². The van der Waals surface area contributed by atoms with E-state index in [1.807, 2.05) is 30.4 Å². The molecule has 0 aliphatic heterocycles. The summed E-state index contributed by atoms with van der Waals surface area (Å²) in [6.45, 7) is 6.44. The molecule has 0 aliphatic rings. The number of ether oxygens (including phenoxy) is 3. The van der Waals surface area contributed by atoms with Crippen LogP contribution in [-0.4, -0.2) is 37.2 Å². The fourth-order valence-corrected chi connectivity index (χ4v) is 6.88. The first-order valence-corrected chi connectivity index (χ1v) is 26.5. The smallest absolute Gasteiger partial charge is 0.306 e. The molecule has 0 saturated carbocycles. The Labute approximate surface area is 400 Å². The van der Waals surface area contributed by atoms with Crippen molar-refractivity contribution in [3.63, 3.8) is 0 Å². The van der Waals surface area contributed by atoms with Gasteiger partial charge in [-0.3, -0.25) is 14.4 Å². The molecule has 0 rings (SSSR count). The monoisotopic (exact) mass is 901 g/mol. The van der Waals surface area contributed by atoms with E-state index in [0.717, 1.165) is 89.9 Å². The van der Waals surface area contributed by atoms with E-state index in [0.29, 0.717) is 19.3 Å². The predicted molar refractivity (Wildman–Crippen MR) is 279 cm³/mol. The van der Waals surface area contributed by atoms with Crippen molar-refractivity contribution >= 4 is 17.9 Å². The lowest BCUT2D eigenvalue weighted by Crippen LogP contribution is -2.30. The van der Waals surface area contributed by atoms with Crippen LogP contribution in [0, 0.1) is 0 Å². The van der Waals surface area contributed by atoms with Crippen molar-refractivity contribution in [1.82, 2.24) is 0 Å². The van der Waals surface area contributed by atoms with Gasteiger partial charge in [0.25, 0.3) is 0 Å². The van der Waals surface area contributed by atoms with Crippen LogP contribution >= 0.6 is 0 Å². The molecular weight excluding hydrogens is 805 g/mol. The van der Waals surface area contributed by atoms with E-state index in [1.165, 1.54) is 89.9 Å². The molecule has 0 aromatic rings. The average Bonchev–Trinajstić information content (AvgIpc) is 3.30. The van der Waals surface area contributed by atoms with Gasteiger partial charge in [-0.2, -0.15) is 0 Å². The number of carbonyl (C=O) groups excluding carboxylic acids is 3. The summed E-state index contributed by atoms with van der Waals surface area (Å²) in [4.78, 5) is 38.0. The maximum Gasteiger partial charge on any atom is 0.306 e. The predicted octanol–water partition coefficient (Wildman–Crippen LogP) is 17.5. The second-order valence-corrected chi connectivity index (χ2v) is 17.2. The molecule has 0 fully saturated rings. The molecule has 0 bridgehead atoms. The van der Waals surface area contributed by atoms with E-state index in [1.54, 1.807) is 0 Å². The van der Waals surface area contributed by atoms with Crippen LogP contribution in [0.3, 0.4) is 0 Å². The van der Waals surface area contributed by atoms with Crippen LogP contribution in [0.1, 0.15) is 226 Å². The minimum absolute atomic E-state index is 0.109. The van der Waals surface area contributed by atoms with E-state index in [9.17, 15) is 14.4 Å². The molecule has 0 aliphatic carbocycles. The molecule has 0 saturated heterocycles. The van der Waals surface area contributed by atoms with Gasteiger partial charge in [-0.25, -0.2) is 0 Å². The van der Waals surface area contributed by atoms with Gasteiger partial charge >= 0.3 is 17.9 Å². The van der Waals surface area contributed by atoms with Crippen molar-refractivity contribution in [3.8, 4) is 0 Å². The first-order valence-electron chi connectivity index (χ1n) is 26.5. The van der Waals surface area contributed by atoms with Crippen LogP contribution in [0.2, 0.25) is 0 Å². The first-order chi connectivity index (χ1) is 32.0. The van der Waals surface area contributed by atoms with Crippen LogP contribution in [-0.2, 0) is 28.6 Å². The Bertz CT molecular complexity index is 1360. The molecule has 0 radical (unpaired) electrons. The van der Waals surface area contributed by atoms with Gasteiger partial charge in [0.05, 0.1) is 0 Å². The van der Waals surface area contributed by atoms with Crippen LogP contribution in [0.5, 0.6) is 0 Å². The molecule has 0 spiro atoms. The highest BCUT2D eigenvalue weighted by Gasteiger charge is 2.19. The normalized spacial score (nSPS) is 13.0. The Kier molecular flexibility index (Phi) is 49.5. The molecule has 6 heteroatoms. The first kappa shape index (κ1) is 61.1. The summed E-state index contributed by atoms with van der Waals surface area (Å²) in [5, 5.41) is 0. The maximum absolute atomic E-state index is 12.8. The van der Waals surface area contributed by atoms with E-state index >= 15 is 0 Å². The molecule has 0 N–H and O–H groups in total. The maximum atomic E-state index is 12.8. The summed E-state index contributed by atoms with van der Waals surface area (Å²) < 4.78 is 16.7. The molecule has 6 nitrogen and oxygen atoms in total. The molecule has 0 aromatic carbocycles. The summed E-state index contributed by atoms with van der Waals surface area (Å²) in [6, 6.07) is 0. The Hall–Kier alpha value is -3.93. The summed E-state index contributed by atoms with van der Waals surface area (Å²) in [5.74, 6) is -0.995. The molecule has 65 heavy (non-hydrogen) atoms. The lowest BCUT2D eigenvalue weighted by molar-refractivity contribution is -0.167. The van der Waals surface area contributed by atoms with Crippen LogP contribution in [0.4, 0.5) is 0 Å². The fourth-order valence-electron chi connectivity index (χ4n) is 6.88. The van der Waals surface area contributed by atoms with Crippen molar-refractivity contribution in [2.75, 3.05) is 13.2 Å². The van der Waals surface area contributed by atoms with Crippen molar-refractivity contribution in [2.45, 2.75) is 232 Å². The number of allylic oxidation sites excluding steroid dienone is 18. The Morgan fingerprint density at radius 3 is 1.14 bits per heavy atom. The summed E-state index contributed by atoms with van der Waals surface area (Å²) in [6.07, 6.45) is 70.7. The quantitative estimate of drug-likeness (QED) is 0.0199. The lowest BCUT2D eigenvalue weighted by Gasteiger charge is -2.18. The largest absolute Gasteiger partial charge is 0.462 e. The van der Waals surface area contributed by atoms with Gasteiger partial charge in [-0.05, 0) is 77.0 Å². The summed E-state index contributed by atoms with van der Waals surface area (Å²) in [5.41, 5.74) is 0. The van der Waals surface area contributed by atoms with Gasteiger partial charge in [0.1, 0.15) is 13.2 Å². The van der Waals surface area contributed by atoms with Crippen molar-refractivity contribution in [2.24, 2.45) is 0 Å². The number of hydrogen-bond acceptors (Lipinski definition) is 6. The zero-order chi connectivity index (χ0) is 47.2. The Morgan fingerprint density at radius 2 is 0.662 bits per heavy atom. The zero-order valence-electron chi connectivity index (χ0n) is 42.0. The Morgan fingerprint density at radius 1 is 0.323 bits per heavy atom. The molecule has 1 atom stereocenters.